The maximum atomic E-state index is 6.04. The summed E-state index contributed by atoms with van der Waals surface area (Å²) in [6, 6.07) is 5.66. The van der Waals surface area contributed by atoms with Crippen LogP contribution in [-0.4, -0.2) is 14.5 Å². The summed E-state index contributed by atoms with van der Waals surface area (Å²) in [4.78, 5) is 8.40. The maximum Gasteiger partial charge on any atom is 0.157 e. The first-order valence-corrected chi connectivity index (χ1v) is 4.94. The summed E-state index contributed by atoms with van der Waals surface area (Å²) < 4.78 is 1.87. The molecule has 0 saturated heterocycles. The summed E-state index contributed by atoms with van der Waals surface area (Å²) in [5.41, 5.74) is 7.15. The molecule has 0 amide bonds. The molecule has 0 saturated carbocycles. The Morgan fingerprint density at radius 1 is 1.47 bits per heavy atom. The quantitative estimate of drug-likeness (QED) is 0.840. The van der Waals surface area contributed by atoms with Crippen molar-refractivity contribution in [1.82, 2.24) is 14.5 Å². The lowest BCUT2D eigenvalue weighted by molar-refractivity contribution is 0.797. The molecule has 5 heteroatoms. The first kappa shape index (κ1) is 10.1. The van der Waals surface area contributed by atoms with Crippen molar-refractivity contribution in [3.8, 4) is 11.4 Å². The Bertz CT molecular complexity index is 464. The van der Waals surface area contributed by atoms with E-state index in [0.717, 1.165) is 17.2 Å². The first-order chi connectivity index (χ1) is 7.24. The molecular weight excluding hydrogens is 212 g/mol. The molecule has 0 aliphatic rings. The van der Waals surface area contributed by atoms with E-state index in [-0.39, 0.29) is 0 Å². The van der Waals surface area contributed by atoms with Gasteiger partial charge in [-0.25, -0.2) is 4.98 Å². The Kier molecular flexibility index (Phi) is 2.70. The minimum Gasteiger partial charge on any atom is -0.327 e. The molecule has 0 bridgehead atoms. The molecule has 2 aromatic heterocycles. The van der Waals surface area contributed by atoms with E-state index in [4.69, 9.17) is 17.3 Å². The van der Waals surface area contributed by atoms with Gasteiger partial charge in [-0.3, -0.25) is 4.98 Å². The molecule has 2 N–H and O–H groups in total. The molecule has 2 rings (SSSR count). The van der Waals surface area contributed by atoms with Gasteiger partial charge in [-0.1, -0.05) is 17.7 Å². The highest BCUT2D eigenvalue weighted by molar-refractivity contribution is 6.31. The van der Waals surface area contributed by atoms with Crippen LogP contribution < -0.4 is 5.73 Å². The summed E-state index contributed by atoms with van der Waals surface area (Å²) in [7, 11) is 1.88. The molecule has 0 radical (unpaired) electrons. The minimum atomic E-state index is 0.364. The number of hydrogen-bond donors (Lipinski definition) is 1. The third kappa shape index (κ3) is 1.73. The highest BCUT2D eigenvalue weighted by atomic mass is 35.5. The number of rotatable bonds is 2. The highest BCUT2D eigenvalue weighted by Crippen LogP contribution is 2.25. The van der Waals surface area contributed by atoms with Crippen molar-refractivity contribution in [3.05, 3.63) is 35.4 Å². The lowest BCUT2D eigenvalue weighted by Crippen LogP contribution is -2.05. The van der Waals surface area contributed by atoms with E-state index >= 15 is 0 Å². The normalized spacial score (nSPS) is 10.6. The standard InChI is InChI=1S/C10H11ClN4/c1-15-8(6-12)14-10(11)9(15)7-4-2-3-5-13-7/h2-5H,6,12H2,1H3. The van der Waals surface area contributed by atoms with Crippen LogP contribution in [0.2, 0.25) is 5.15 Å². The van der Waals surface area contributed by atoms with Crippen LogP contribution in [0.5, 0.6) is 0 Å². The first-order valence-electron chi connectivity index (χ1n) is 4.56. The Morgan fingerprint density at radius 3 is 2.80 bits per heavy atom. The zero-order valence-electron chi connectivity index (χ0n) is 8.31. The Hall–Kier alpha value is -1.39. The average molecular weight is 223 g/mol. The van der Waals surface area contributed by atoms with Gasteiger partial charge in [-0.15, -0.1) is 0 Å². The second-order valence-corrected chi connectivity index (χ2v) is 3.50. The smallest absolute Gasteiger partial charge is 0.157 e. The number of nitrogens with zero attached hydrogens (tertiary/aromatic N) is 3. The van der Waals surface area contributed by atoms with E-state index in [2.05, 4.69) is 9.97 Å². The average Bonchev–Trinajstić information content (AvgIpc) is 2.55. The highest BCUT2D eigenvalue weighted by Gasteiger charge is 2.14. The molecule has 0 unspecified atom stereocenters. The Labute approximate surface area is 92.7 Å². The predicted molar refractivity (Wildman–Crippen MR) is 59.3 cm³/mol. The Balaban J connectivity index is 2.58. The van der Waals surface area contributed by atoms with E-state index in [0.29, 0.717) is 11.7 Å². The van der Waals surface area contributed by atoms with Crippen LogP contribution in [0.1, 0.15) is 5.82 Å². The van der Waals surface area contributed by atoms with Crippen molar-refractivity contribution >= 4 is 11.6 Å². The molecule has 0 aromatic carbocycles. The summed E-state index contributed by atoms with van der Waals surface area (Å²) in [6.07, 6.45) is 1.72. The topological polar surface area (TPSA) is 56.7 Å². The zero-order chi connectivity index (χ0) is 10.8. The third-order valence-corrected chi connectivity index (χ3v) is 2.50. The molecule has 4 nitrogen and oxygen atoms in total. The van der Waals surface area contributed by atoms with E-state index in [9.17, 15) is 0 Å². The lowest BCUT2D eigenvalue weighted by Gasteiger charge is -2.03. The van der Waals surface area contributed by atoms with Gasteiger partial charge < -0.3 is 10.3 Å². The fourth-order valence-corrected chi connectivity index (χ4v) is 1.79. The van der Waals surface area contributed by atoms with Crippen LogP contribution in [-0.2, 0) is 13.6 Å². The largest absolute Gasteiger partial charge is 0.327 e. The number of hydrogen-bond acceptors (Lipinski definition) is 3. The Morgan fingerprint density at radius 2 is 2.27 bits per heavy atom. The van der Waals surface area contributed by atoms with Gasteiger partial charge in [0.05, 0.1) is 12.2 Å². The molecule has 2 heterocycles. The predicted octanol–water partition coefficient (Wildman–Crippen LogP) is 1.59. The maximum absolute atomic E-state index is 6.04. The number of nitrogens with two attached hydrogens (primary N) is 1. The molecule has 15 heavy (non-hydrogen) atoms. The second-order valence-electron chi connectivity index (χ2n) is 3.15. The second kappa shape index (κ2) is 4.00. The molecule has 0 aliphatic carbocycles. The van der Waals surface area contributed by atoms with Crippen LogP contribution in [0, 0.1) is 0 Å². The van der Waals surface area contributed by atoms with Crippen molar-refractivity contribution < 1.29 is 0 Å². The van der Waals surface area contributed by atoms with E-state index < -0.39 is 0 Å². The van der Waals surface area contributed by atoms with Gasteiger partial charge in [0.1, 0.15) is 11.5 Å². The van der Waals surface area contributed by atoms with Crippen molar-refractivity contribution in [2.75, 3.05) is 0 Å². The van der Waals surface area contributed by atoms with Crippen molar-refractivity contribution in [1.29, 1.82) is 0 Å². The van der Waals surface area contributed by atoms with Crippen molar-refractivity contribution in [2.45, 2.75) is 6.54 Å². The number of aromatic nitrogens is 3. The zero-order valence-corrected chi connectivity index (χ0v) is 9.07. The lowest BCUT2D eigenvalue weighted by atomic mass is 10.3. The number of imidazole rings is 1. The van der Waals surface area contributed by atoms with Gasteiger partial charge in [0, 0.05) is 13.2 Å². The van der Waals surface area contributed by atoms with Crippen LogP contribution in [0.15, 0.2) is 24.4 Å². The van der Waals surface area contributed by atoms with Gasteiger partial charge >= 0.3 is 0 Å². The third-order valence-electron chi connectivity index (χ3n) is 2.24. The van der Waals surface area contributed by atoms with Gasteiger partial charge in [0.25, 0.3) is 0 Å². The van der Waals surface area contributed by atoms with Crippen LogP contribution in [0.3, 0.4) is 0 Å². The molecular formula is C10H11ClN4. The van der Waals surface area contributed by atoms with E-state index in [1.165, 1.54) is 0 Å². The molecule has 78 valence electrons. The van der Waals surface area contributed by atoms with Crippen molar-refractivity contribution in [3.63, 3.8) is 0 Å². The molecule has 0 fully saturated rings. The summed E-state index contributed by atoms with van der Waals surface area (Å²) in [5, 5.41) is 0.441. The van der Waals surface area contributed by atoms with Crippen LogP contribution >= 0.6 is 11.6 Å². The fraction of sp³-hybridized carbons (Fsp3) is 0.200. The van der Waals surface area contributed by atoms with Gasteiger partial charge in [-0.2, -0.15) is 0 Å². The number of halogens is 1. The van der Waals surface area contributed by atoms with Crippen LogP contribution in [0.25, 0.3) is 11.4 Å². The molecule has 2 aromatic rings. The van der Waals surface area contributed by atoms with Gasteiger partial charge in [0.2, 0.25) is 0 Å². The molecule has 0 aliphatic heterocycles. The fourth-order valence-electron chi connectivity index (χ4n) is 1.47. The monoisotopic (exact) mass is 222 g/mol. The molecule has 0 atom stereocenters. The SMILES string of the molecule is Cn1c(CN)nc(Cl)c1-c1ccccn1. The van der Waals surface area contributed by atoms with E-state index in [1.54, 1.807) is 6.20 Å². The van der Waals surface area contributed by atoms with Gasteiger partial charge in [0.15, 0.2) is 5.15 Å². The summed E-state index contributed by atoms with van der Waals surface area (Å²) in [5.74, 6) is 0.751. The van der Waals surface area contributed by atoms with Crippen LogP contribution in [0.4, 0.5) is 0 Å². The number of pyridine rings is 1. The summed E-state index contributed by atoms with van der Waals surface area (Å²) in [6.45, 7) is 0.364. The molecule has 0 spiro atoms. The van der Waals surface area contributed by atoms with Crippen molar-refractivity contribution in [2.24, 2.45) is 12.8 Å². The summed E-state index contributed by atoms with van der Waals surface area (Å²) >= 11 is 6.04. The van der Waals surface area contributed by atoms with E-state index in [1.807, 2.05) is 29.8 Å². The van der Waals surface area contributed by atoms with Gasteiger partial charge in [-0.05, 0) is 12.1 Å². The minimum absolute atomic E-state index is 0.364.